The average Bonchev–Trinajstić information content (AvgIpc) is 2.38. The number of amides is 1. The van der Waals surface area contributed by atoms with Crippen LogP contribution in [0.3, 0.4) is 0 Å². The number of nitrogens with zero attached hydrogens (tertiary/aromatic N) is 1. The first-order valence-electron chi connectivity index (χ1n) is 7.56. The summed E-state index contributed by atoms with van der Waals surface area (Å²) >= 11 is 0. The standard InChI is InChI=1S/C15H28N2O3/c1-5-17(15(3,4)14(19)20)10-13(18)16-12-9-7-6-8-11(12)2/h11-12H,5-10H2,1-4H3,(H,16,18)(H,19,20). The summed E-state index contributed by atoms with van der Waals surface area (Å²) in [5, 5.41) is 12.3. The van der Waals surface area contributed by atoms with Gasteiger partial charge in [0, 0.05) is 6.04 Å². The number of likely N-dealkylation sites (N-methyl/N-ethyl adjacent to an activating group) is 1. The summed E-state index contributed by atoms with van der Waals surface area (Å²) in [6, 6.07) is 0.239. The molecule has 5 heteroatoms. The molecule has 2 unspecified atom stereocenters. The molecule has 1 amide bonds. The van der Waals surface area contributed by atoms with E-state index in [1.165, 1.54) is 6.42 Å². The van der Waals surface area contributed by atoms with Crippen molar-refractivity contribution in [3.8, 4) is 0 Å². The normalized spacial score (nSPS) is 23.6. The summed E-state index contributed by atoms with van der Waals surface area (Å²) < 4.78 is 0. The van der Waals surface area contributed by atoms with Crippen LogP contribution in [0.25, 0.3) is 0 Å². The zero-order valence-electron chi connectivity index (χ0n) is 13.1. The minimum Gasteiger partial charge on any atom is -0.480 e. The first-order valence-corrected chi connectivity index (χ1v) is 7.56. The lowest BCUT2D eigenvalue weighted by molar-refractivity contribution is -0.150. The van der Waals surface area contributed by atoms with E-state index in [-0.39, 0.29) is 18.5 Å². The van der Waals surface area contributed by atoms with Crippen LogP contribution in [-0.4, -0.2) is 46.6 Å². The molecule has 2 N–H and O–H groups in total. The smallest absolute Gasteiger partial charge is 0.323 e. The number of carbonyl (C=O) groups excluding carboxylic acids is 1. The SMILES string of the molecule is CCN(CC(=O)NC1CCCCC1C)C(C)(C)C(=O)O. The van der Waals surface area contributed by atoms with Gasteiger partial charge >= 0.3 is 5.97 Å². The van der Waals surface area contributed by atoms with E-state index in [2.05, 4.69) is 12.2 Å². The van der Waals surface area contributed by atoms with Crippen molar-refractivity contribution in [3.63, 3.8) is 0 Å². The highest BCUT2D eigenvalue weighted by Gasteiger charge is 2.35. The number of hydrogen-bond acceptors (Lipinski definition) is 3. The van der Waals surface area contributed by atoms with Gasteiger partial charge in [0.2, 0.25) is 5.91 Å². The number of carboxylic acids is 1. The summed E-state index contributed by atoms with van der Waals surface area (Å²) in [4.78, 5) is 25.1. The van der Waals surface area contributed by atoms with Crippen LogP contribution in [0, 0.1) is 5.92 Å². The van der Waals surface area contributed by atoms with E-state index in [0.29, 0.717) is 12.5 Å². The molecule has 1 fully saturated rings. The molecule has 116 valence electrons. The molecule has 0 aromatic rings. The van der Waals surface area contributed by atoms with E-state index < -0.39 is 11.5 Å². The van der Waals surface area contributed by atoms with E-state index in [1.807, 2.05) is 6.92 Å². The topological polar surface area (TPSA) is 69.6 Å². The van der Waals surface area contributed by atoms with Crippen LogP contribution in [0.1, 0.15) is 53.4 Å². The number of carboxylic acid groups (broad SMARTS) is 1. The first-order chi connectivity index (χ1) is 9.28. The Morgan fingerprint density at radius 2 is 1.90 bits per heavy atom. The molecule has 0 spiro atoms. The van der Waals surface area contributed by atoms with Crippen molar-refractivity contribution >= 4 is 11.9 Å². The maximum atomic E-state index is 12.1. The van der Waals surface area contributed by atoms with Gasteiger partial charge in [0.05, 0.1) is 6.54 Å². The highest BCUT2D eigenvalue weighted by Crippen LogP contribution is 2.23. The fourth-order valence-electron chi connectivity index (χ4n) is 2.80. The Morgan fingerprint density at radius 3 is 2.40 bits per heavy atom. The molecule has 1 aliphatic carbocycles. The molecule has 1 saturated carbocycles. The molecule has 0 bridgehead atoms. The third kappa shape index (κ3) is 4.20. The van der Waals surface area contributed by atoms with Crippen molar-refractivity contribution in [2.24, 2.45) is 5.92 Å². The fourth-order valence-corrected chi connectivity index (χ4v) is 2.80. The summed E-state index contributed by atoms with van der Waals surface area (Å²) in [6.45, 7) is 7.99. The van der Waals surface area contributed by atoms with Gasteiger partial charge < -0.3 is 10.4 Å². The van der Waals surface area contributed by atoms with Gasteiger partial charge in [-0.15, -0.1) is 0 Å². The van der Waals surface area contributed by atoms with Gasteiger partial charge in [-0.2, -0.15) is 0 Å². The first kappa shape index (κ1) is 17.0. The monoisotopic (exact) mass is 284 g/mol. The second-order valence-corrected chi connectivity index (χ2v) is 6.31. The van der Waals surface area contributed by atoms with Gasteiger partial charge in [-0.05, 0) is 39.2 Å². The predicted octanol–water partition coefficient (Wildman–Crippen LogP) is 1.87. The highest BCUT2D eigenvalue weighted by molar-refractivity contribution is 5.81. The number of nitrogens with one attached hydrogen (secondary N) is 1. The summed E-state index contributed by atoms with van der Waals surface area (Å²) in [7, 11) is 0. The second kappa shape index (κ2) is 7.07. The van der Waals surface area contributed by atoms with Crippen molar-refractivity contribution in [1.29, 1.82) is 0 Å². The zero-order chi connectivity index (χ0) is 15.3. The molecule has 20 heavy (non-hydrogen) atoms. The molecule has 0 saturated heterocycles. The molecule has 0 heterocycles. The van der Waals surface area contributed by atoms with Gasteiger partial charge in [-0.3, -0.25) is 14.5 Å². The lowest BCUT2D eigenvalue weighted by atomic mass is 9.86. The quantitative estimate of drug-likeness (QED) is 0.781. The Hall–Kier alpha value is -1.10. The van der Waals surface area contributed by atoms with Crippen LogP contribution < -0.4 is 5.32 Å². The molecule has 0 radical (unpaired) electrons. The van der Waals surface area contributed by atoms with E-state index >= 15 is 0 Å². The fraction of sp³-hybridized carbons (Fsp3) is 0.867. The predicted molar refractivity (Wildman–Crippen MR) is 78.5 cm³/mol. The Kier molecular flexibility index (Phi) is 5.99. The van der Waals surface area contributed by atoms with Crippen molar-refractivity contribution in [2.75, 3.05) is 13.1 Å². The lowest BCUT2D eigenvalue weighted by Gasteiger charge is -2.35. The van der Waals surface area contributed by atoms with Gasteiger partial charge in [0.15, 0.2) is 0 Å². The Labute approximate surface area is 121 Å². The van der Waals surface area contributed by atoms with Crippen molar-refractivity contribution in [2.45, 2.75) is 65.0 Å². The maximum absolute atomic E-state index is 12.1. The van der Waals surface area contributed by atoms with Gasteiger partial charge in [0.1, 0.15) is 5.54 Å². The number of hydrogen-bond donors (Lipinski definition) is 2. The third-order valence-corrected chi connectivity index (χ3v) is 4.49. The number of rotatable bonds is 6. The van der Waals surface area contributed by atoms with Crippen molar-refractivity contribution < 1.29 is 14.7 Å². The van der Waals surface area contributed by atoms with E-state index in [0.717, 1.165) is 19.3 Å². The summed E-state index contributed by atoms with van der Waals surface area (Å²) in [5.74, 6) is -0.464. The van der Waals surface area contributed by atoms with Crippen molar-refractivity contribution in [3.05, 3.63) is 0 Å². The molecular formula is C15H28N2O3. The Bertz CT molecular complexity index is 355. The highest BCUT2D eigenvalue weighted by atomic mass is 16.4. The summed E-state index contributed by atoms with van der Waals surface area (Å²) in [6.07, 6.45) is 4.58. The lowest BCUT2D eigenvalue weighted by Crippen LogP contribution is -2.54. The molecular weight excluding hydrogens is 256 g/mol. The molecule has 1 rings (SSSR count). The average molecular weight is 284 g/mol. The molecule has 5 nitrogen and oxygen atoms in total. The maximum Gasteiger partial charge on any atom is 0.323 e. The van der Waals surface area contributed by atoms with Crippen LogP contribution in [-0.2, 0) is 9.59 Å². The second-order valence-electron chi connectivity index (χ2n) is 6.31. The zero-order valence-corrected chi connectivity index (χ0v) is 13.1. The van der Waals surface area contributed by atoms with Crippen molar-refractivity contribution in [1.82, 2.24) is 10.2 Å². The van der Waals surface area contributed by atoms with Crippen LogP contribution >= 0.6 is 0 Å². The number of carbonyl (C=O) groups is 2. The van der Waals surface area contributed by atoms with Crippen LogP contribution in [0.4, 0.5) is 0 Å². The minimum absolute atomic E-state index is 0.0695. The largest absolute Gasteiger partial charge is 0.480 e. The van der Waals surface area contributed by atoms with Gasteiger partial charge in [-0.1, -0.05) is 26.7 Å². The van der Waals surface area contributed by atoms with E-state index in [4.69, 9.17) is 0 Å². The van der Waals surface area contributed by atoms with E-state index in [1.54, 1.807) is 18.7 Å². The van der Waals surface area contributed by atoms with E-state index in [9.17, 15) is 14.7 Å². The molecule has 0 aliphatic heterocycles. The molecule has 2 atom stereocenters. The molecule has 0 aromatic heterocycles. The Morgan fingerprint density at radius 1 is 1.30 bits per heavy atom. The molecule has 1 aliphatic rings. The van der Waals surface area contributed by atoms with Crippen LogP contribution in [0.5, 0.6) is 0 Å². The third-order valence-electron chi connectivity index (χ3n) is 4.49. The Balaban J connectivity index is 2.57. The molecule has 0 aromatic carbocycles. The van der Waals surface area contributed by atoms with Gasteiger partial charge in [0.25, 0.3) is 0 Å². The number of aliphatic carboxylic acids is 1. The van der Waals surface area contributed by atoms with Gasteiger partial charge in [-0.25, -0.2) is 0 Å². The minimum atomic E-state index is -1.02. The van der Waals surface area contributed by atoms with Crippen LogP contribution in [0.2, 0.25) is 0 Å². The summed E-state index contributed by atoms with van der Waals surface area (Å²) in [5.41, 5.74) is -1.02. The van der Waals surface area contributed by atoms with Crippen LogP contribution in [0.15, 0.2) is 0 Å².